The summed E-state index contributed by atoms with van der Waals surface area (Å²) in [5.41, 5.74) is 0.448. The van der Waals surface area contributed by atoms with E-state index in [-0.39, 0.29) is 27.5 Å². The number of nitrogens with zero attached hydrogens (tertiary/aromatic N) is 3. The van der Waals surface area contributed by atoms with E-state index in [1.807, 2.05) is 6.07 Å². The molecule has 0 unspecified atom stereocenters. The van der Waals surface area contributed by atoms with E-state index in [1.165, 1.54) is 24.4 Å². The number of ether oxygens (including phenoxy) is 3. The number of anilines is 1. The number of benzene rings is 1. The molecule has 0 atom stereocenters. The van der Waals surface area contributed by atoms with Gasteiger partial charge in [0.15, 0.2) is 0 Å². The third-order valence-electron chi connectivity index (χ3n) is 4.06. The molecule has 0 bridgehead atoms. The standard InChI is InChI=1S/C21H18Cl3FN4O4/c22-13-9-15(19(24)16(23)10-13)20-29-17(11-26)21(33-20)27-3-4-30-5-6-31-7-8-32-14-1-2-18(25)28-12-14/h1-2,9-10,12,27H,3-8H2. The van der Waals surface area contributed by atoms with Crippen LogP contribution in [-0.2, 0) is 9.47 Å². The summed E-state index contributed by atoms with van der Waals surface area (Å²) >= 11 is 18.3. The molecule has 0 radical (unpaired) electrons. The number of nitriles is 1. The van der Waals surface area contributed by atoms with Gasteiger partial charge in [-0.3, -0.25) is 0 Å². The number of hydrogen-bond donors (Lipinski definition) is 1. The maximum Gasteiger partial charge on any atom is 0.232 e. The number of oxazole rings is 1. The second-order valence-corrected chi connectivity index (χ2v) is 7.60. The van der Waals surface area contributed by atoms with Crippen LogP contribution in [0.4, 0.5) is 10.3 Å². The van der Waals surface area contributed by atoms with Crippen molar-refractivity contribution >= 4 is 40.7 Å². The first-order chi connectivity index (χ1) is 16.0. The molecule has 3 rings (SSSR count). The number of rotatable bonds is 12. The maximum atomic E-state index is 12.7. The molecule has 8 nitrogen and oxygen atoms in total. The van der Waals surface area contributed by atoms with Crippen molar-refractivity contribution in [2.24, 2.45) is 0 Å². The largest absolute Gasteiger partial charge is 0.490 e. The highest BCUT2D eigenvalue weighted by Gasteiger charge is 2.18. The lowest BCUT2D eigenvalue weighted by Gasteiger charge is -2.08. The molecular weight excluding hydrogens is 498 g/mol. The summed E-state index contributed by atoms with van der Waals surface area (Å²) in [7, 11) is 0. The number of aromatic nitrogens is 2. The Morgan fingerprint density at radius 2 is 1.82 bits per heavy atom. The second-order valence-electron chi connectivity index (χ2n) is 6.37. The van der Waals surface area contributed by atoms with Gasteiger partial charge in [-0.1, -0.05) is 34.8 Å². The van der Waals surface area contributed by atoms with E-state index in [2.05, 4.69) is 15.3 Å². The zero-order valence-corrected chi connectivity index (χ0v) is 19.4. The average molecular weight is 516 g/mol. The van der Waals surface area contributed by atoms with Crippen LogP contribution >= 0.6 is 34.8 Å². The maximum absolute atomic E-state index is 12.7. The zero-order valence-electron chi connectivity index (χ0n) is 17.1. The third kappa shape index (κ3) is 7.45. The van der Waals surface area contributed by atoms with Crippen LogP contribution in [0.5, 0.6) is 5.75 Å². The van der Waals surface area contributed by atoms with E-state index in [1.54, 1.807) is 6.07 Å². The van der Waals surface area contributed by atoms with Crippen molar-refractivity contribution in [1.29, 1.82) is 5.26 Å². The van der Waals surface area contributed by atoms with Gasteiger partial charge in [-0.25, -0.2) is 4.98 Å². The van der Waals surface area contributed by atoms with E-state index < -0.39 is 5.95 Å². The van der Waals surface area contributed by atoms with Crippen LogP contribution in [0.25, 0.3) is 11.5 Å². The minimum absolute atomic E-state index is 0.0665. The molecule has 2 aromatic heterocycles. The number of halogens is 4. The first-order valence-electron chi connectivity index (χ1n) is 9.67. The topological polar surface area (TPSA) is 102 Å². The Balaban J connectivity index is 1.35. The molecule has 0 saturated carbocycles. The summed E-state index contributed by atoms with van der Waals surface area (Å²) in [4.78, 5) is 7.63. The van der Waals surface area contributed by atoms with Crippen molar-refractivity contribution in [2.75, 3.05) is 44.9 Å². The summed E-state index contributed by atoms with van der Waals surface area (Å²) < 4.78 is 34.6. The first-order valence-corrected chi connectivity index (χ1v) is 10.8. The molecule has 0 aliphatic carbocycles. The van der Waals surface area contributed by atoms with Crippen LogP contribution in [0, 0.1) is 17.3 Å². The molecule has 0 fully saturated rings. The van der Waals surface area contributed by atoms with Crippen LogP contribution in [0.3, 0.4) is 0 Å². The Morgan fingerprint density at radius 3 is 2.55 bits per heavy atom. The minimum Gasteiger partial charge on any atom is -0.490 e. The van der Waals surface area contributed by atoms with Crippen molar-refractivity contribution in [3.63, 3.8) is 0 Å². The fourth-order valence-corrected chi connectivity index (χ4v) is 3.25. The van der Waals surface area contributed by atoms with Gasteiger partial charge in [0, 0.05) is 11.6 Å². The molecule has 174 valence electrons. The fourth-order valence-electron chi connectivity index (χ4n) is 2.57. The molecule has 0 spiro atoms. The number of hydrogen-bond acceptors (Lipinski definition) is 8. The van der Waals surface area contributed by atoms with Crippen LogP contribution in [-0.4, -0.2) is 49.5 Å². The SMILES string of the molecule is N#Cc1nc(-c2cc(Cl)cc(Cl)c2Cl)oc1NCCOCCOCCOc1ccc(F)nc1. The fraction of sp³-hybridized carbons (Fsp3) is 0.286. The Hall–Kier alpha value is -2.61. The smallest absolute Gasteiger partial charge is 0.232 e. The summed E-state index contributed by atoms with van der Waals surface area (Å²) in [6.45, 7) is 2.10. The lowest BCUT2D eigenvalue weighted by molar-refractivity contribution is 0.0394. The lowest BCUT2D eigenvalue weighted by Crippen LogP contribution is -2.14. The van der Waals surface area contributed by atoms with Gasteiger partial charge in [0.25, 0.3) is 0 Å². The zero-order chi connectivity index (χ0) is 23.6. The van der Waals surface area contributed by atoms with Gasteiger partial charge in [0.1, 0.15) is 18.4 Å². The van der Waals surface area contributed by atoms with Gasteiger partial charge in [-0.05, 0) is 24.3 Å². The molecule has 2 heterocycles. The summed E-state index contributed by atoms with van der Waals surface area (Å²) in [5, 5.41) is 13.1. The third-order valence-corrected chi connectivity index (χ3v) is 5.08. The summed E-state index contributed by atoms with van der Waals surface area (Å²) in [5.74, 6) is 0.215. The number of nitrogens with one attached hydrogen (secondary N) is 1. The normalized spacial score (nSPS) is 10.8. The van der Waals surface area contributed by atoms with Crippen molar-refractivity contribution in [2.45, 2.75) is 0 Å². The lowest BCUT2D eigenvalue weighted by atomic mass is 10.2. The van der Waals surface area contributed by atoms with Gasteiger partial charge < -0.3 is 23.9 Å². The van der Waals surface area contributed by atoms with Crippen LogP contribution in [0.15, 0.2) is 34.9 Å². The highest BCUT2D eigenvalue weighted by Crippen LogP contribution is 2.37. The monoisotopic (exact) mass is 514 g/mol. The Morgan fingerprint density at radius 1 is 1.06 bits per heavy atom. The van der Waals surface area contributed by atoms with Gasteiger partial charge in [-0.2, -0.15) is 14.6 Å². The first kappa shape index (κ1) is 25.0. The molecule has 3 aromatic rings. The van der Waals surface area contributed by atoms with Crippen molar-refractivity contribution in [3.05, 3.63) is 57.2 Å². The van der Waals surface area contributed by atoms with E-state index in [0.717, 1.165) is 0 Å². The predicted molar refractivity (Wildman–Crippen MR) is 122 cm³/mol. The van der Waals surface area contributed by atoms with E-state index in [9.17, 15) is 9.65 Å². The van der Waals surface area contributed by atoms with E-state index in [4.69, 9.17) is 53.4 Å². The molecule has 12 heteroatoms. The van der Waals surface area contributed by atoms with Crippen LogP contribution in [0.2, 0.25) is 15.1 Å². The predicted octanol–water partition coefficient (Wildman–Crippen LogP) is 5.23. The molecule has 1 aromatic carbocycles. The molecule has 0 saturated heterocycles. The summed E-state index contributed by atoms with van der Waals surface area (Å²) in [6, 6.07) is 7.72. The van der Waals surface area contributed by atoms with Crippen molar-refractivity contribution in [3.8, 4) is 23.3 Å². The van der Waals surface area contributed by atoms with Gasteiger partial charge in [-0.15, -0.1) is 0 Å². The Bertz CT molecular complexity index is 1110. The quantitative estimate of drug-likeness (QED) is 0.199. The van der Waals surface area contributed by atoms with Gasteiger partial charge >= 0.3 is 0 Å². The second kappa shape index (κ2) is 12.6. The van der Waals surface area contributed by atoms with Crippen LogP contribution in [0.1, 0.15) is 5.69 Å². The van der Waals surface area contributed by atoms with Crippen molar-refractivity contribution < 1.29 is 23.0 Å². The van der Waals surface area contributed by atoms with Crippen molar-refractivity contribution in [1.82, 2.24) is 9.97 Å². The molecule has 33 heavy (non-hydrogen) atoms. The highest BCUT2D eigenvalue weighted by atomic mass is 35.5. The van der Waals surface area contributed by atoms with Gasteiger partial charge in [0.2, 0.25) is 23.4 Å². The Labute approximate surface area is 204 Å². The number of pyridine rings is 1. The summed E-state index contributed by atoms with van der Waals surface area (Å²) in [6.07, 6.45) is 1.30. The molecule has 0 aliphatic rings. The minimum atomic E-state index is -0.562. The van der Waals surface area contributed by atoms with Crippen LogP contribution < -0.4 is 10.1 Å². The average Bonchev–Trinajstić information content (AvgIpc) is 3.21. The van der Waals surface area contributed by atoms with Gasteiger partial charge in [0.05, 0.1) is 48.2 Å². The Kier molecular flexibility index (Phi) is 9.54. The highest BCUT2D eigenvalue weighted by molar-refractivity contribution is 6.44. The molecule has 0 amide bonds. The molecule has 1 N–H and O–H groups in total. The molecule has 0 aliphatic heterocycles. The van der Waals surface area contributed by atoms with E-state index in [0.29, 0.717) is 55.9 Å². The van der Waals surface area contributed by atoms with E-state index >= 15 is 0 Å². The molecular formula is C21H18Cl3FN4O4.